The molecule has 1 unspecified atom stereocenters. The summed E-state index contributed by atoms with van der Waals surface area (Å²) in [6, 6.07) is 7.91. The number of rotatable bonds is 5. The Labute approximate surface area is 109 Å². The Bertz CT molecular complexity index is 413. The van der Waals surface area contributed by atoms with Crippen molar-refractivity contribution in [3.05, 3.63) is 29.8 Å². The van der Waals surface area contributed by atoms with Gasteiger partial charge < -0.3 is 10.1 Å². The van der Waals surface area contributed by atoms with Crippen LogP contribution in [0.1, 0.15) is 43.0 Å². The SMILES string of the molecule is COC(=O)c1ccccc1NC(C)CC1CCC1. The number of hydrogen-bond acceptors (Lipinski definition) is 3. The highest BCUT2D eigenvalue weighted by Gasteiger charge is 2.20. The summed E-state index contributed by atoms with van der Waals surface area (Å²) in [4.78, 5) is 11.6. The Morgan fingerprint density at radius 1 is 1.44 bits per heavy atom. The van der Waals surface area contributed by atoms with Gasteiger partial charge in [0.1, 0.15) is 0 Å². The lowest BCUT2D eigenvalue weighted by atomic mass is 9.81. The predicted molar refractivity (Wildman–Crippen MR) is 72.8 cm³/mol. The third-order valence-electron chi connectivity index (χ3n) is 3.65. The Hall–Kier alpha value is -1.51. The summed E-state index contributed by atoms with van der Waals surface area (Å²) >= 11 is 0. The second-order valence-corrected chi connectivity index (χ2v) is 5.12. The van der Waals surface area contributed by atoms with E-state index in [-0.39, 0.29) is 5.97 Å². The number of methoxy groups -OCH3 is 1. The second kappa shape index (κ2) is 5.89. The van der Waals surface area contributed by atoms with Crippen molar-refractivity contribution < 1.29 is 9.53 Å². The van der Waals surface area contributed by atoms with E-state index in [9.17, 15) is 4.79 Å². The summed E-state index contributed by atoms with van der Waals surface area (Å²) in [5.41, 5.74) is 1.48. The fourth-order valence-electron chi connectivity index (χ4n) is 2.45. The average molecular weight is 247 g/mol. The van der Waals surface area contributed by atoms with Crippen LogP contribution in [0, 0.1) is 5.92 Å². The van der Waals surface area contributed by atoms with E-state index in [0.717, 1.165) is 11.6 Å². The molecule has 1 saturated carbocycles. The van der Waals surface area contributed by atoms with Gasteiger partial charge in [-0.3, -0.25) is 0 Å². The van der Waals surface area contributed by atoms with Crippen LogP contribution < -0.4 is 5.32 Å². The van der Waals surface area contributed by atoms with Crippen LogP contribution in [0.4, 0.5) is 5.69 Å². The number of carbonyl (C=O) groups excluding carboxylic acids is 1. The minimum Gasteiger partial charge on any atom is -0.465 e. The Kier molecular flexibility index (Phi) is 4.24. The number of hydrogen-bond donors (Lipinski definition) is 1. The Balaban J connectivity index is 2.00. The zero-order valence-electron chi connectivity index (χ0n) is 11.1. The lowest BCUT2D eigenvalue weighted by Crippen LogP contribution is -2.24. The van der Waals surface area contributed by atoms with Crippen LogP contribution in [0.15, 0.2) is 24.3 Å². The van der Waals surface area contributed by atoms with Crippen molar-refractivity contribution in [1.29, 1.82) is 0 Å². The molecule has 1 N–H and O–H groups in total. The molecule has 1 aromatic rings. The molecule has 1 aliphatic rings. The molecule has 3 nitrogen and oxygen atoms in total. The highest BCUT2D eigenvalue weighted by molar-refractivity contribution is 5.95. The largest absolute Gasteiger partial charge is 0.465 e. The van der Waals surface area contributed by atoms with E-state index < -0.39 is 0 Å². The third-order valence-corrected chi connectivity index (χ3v) is 3.65. The van der Waals surface area contributed by atoms with Crippen molar-refractivity contribution >= 4 is 11.7 Å². The van der Waals surface area contributed by atoms with Gasteiger partial charge in [0.15, 0.2) is 0 Å². The quantitative estimate of drug-likeness (QED) is 0.810. The summed E-state index contributed by atoms with van der Waals surface area (Å²) < 4.78 is 4.79. The molecule has 3 heteroatoms. The minimum atomic E-state index is -0.283. The number of nitrogens with one attached hydrogen (secondary N) is 1. The van der Waals surface area contributed by atoms with Crippen LogP contribution in [0.3, 0.4) is 0 Å². The van der Waals surface area contributed by atoms with Gasteiger partial charge in [-0.25, -0.2) is 4.79 Å². The minimum absolute atomic E-state index is 0.283. The molecule has 18 heavy (non-hydrogen) atoms. The van der Waals surface area contributed by atoms with Crippen LogP contribution in [0.5, 0.6) is 0 Å². The summed E-state index contributed by atoms with van der Waals surface area (Å²) in [6.07, 6.45) is 5.25. The molecule has 0 saturated heterocycles. The van der Waals surface area contributed by atoms with Crippen molar-refractivity contribution in [2.24, 2.45) is 5.92 Å². The number of anilines is 1. The monoisotopic (exact) mass is 247 g/mol. The number of carbonyl (C=O) groups is 1. The number of ether oxygens (including phenoxy) is 1. The number of benzene rings is 1. The normalized spacial score (nSPS) is 16.8. The molecule has 1 aromatic carbocycles. The van der Waals surface area contributed by atoms with Crippen LogP contribution in [0.2, 0.25) is 0 Å². The maximum Gasteiger partial charge on any atom is 0.339 e. The van der Waals surface area contributed by atoms with E-state index in [0.29, 0.717) is 11.6 Å². The lowest BCUT2D eigenvalue weighted by Gasteiger charge is -2.29. The summed E-state index contributed by atoms with van der Waals surface area (Å²) in [7, 11) is 1.41. The van der Waals surface area contributed by atoms with E-state index in [4.69, 9.17) is 4.74 Å². The zero-order chi connectivity index (χ0) is 13.0. The molecule has 0 aliphatic heterocycles. The maximum absolute atomic E-state index is 11.6. The molecule has 0 aromatic heterocycles. The number of para-hydroxylation sites is 1. The molecule has 1 aliphatic carbocycles. The standard InChI is InChI=1S/C15H21NO2/c1-11(10-12-6-5-7-12)16-14-9-4-3-8-13(14)15(17)18-2/h3-4,8-9,11-12,16H,5-7,10H2,1-2H3. The highest BCUT2D eigenvalue weighted by Crippen LogP contribution is 2.31. The van der Waals surface area contributed by atoms with Gasteiger partial charge in [-0.05, 0) is 31.4 Å². The molecule has 1 atom stereocenters. The molecular weight excluding hydrogens is 226 g/mol. The fourth-order valence-corrected chi connectivity index (χ4v) is 2.45. The van der Waals surface area contributed by atoms with Gasteiger partial charge in [0.2, 0.25) is 0 Å². The van der Waals surface area contributed by atoms with Crippen LogP contribution in [-0.4, -0.2) is 19.1 Å². The molecule has 98 valence electrons. The molecule has 0 radical (unpaired) electrons. The molecular formula is C15H21NO2. The van der Waals surface area contributed by atoms with Gasteiger partial charge in [-0.2, -0.15) is 0 Å². The summed E-state index contributed by atoms with van der Waals surface area (Å²) in [5.74, 6) is 0.576. The highest BCUT2D eigenvalue weighted by atomic mass is 16.5. The first kappa shape index (κ1) is 12.9. The van der Waals surface area contributed by atoms with Crippen molar-refractivity contribution in [2.45, 2.75) is 38.6 Å². The van der Waals surface area contributed by atoms with E-state index in [1.165, 1.54) is 32.8 Å². The van der Waals surface area contributed by atoms with Gasteiger partial charge >= 0.3 is 5.97 Å². The second-order valence-electron chi connectivity index (χ2n) is 5.12. The summed E-state index contributed by atoms with van der Waals surface area (Å²) in [5, 5.41) is 3.42. The van der Waals surface area contributed by atoms with Gasteiger partial charge in [0, 0.05) is 11.7 Å². The first-order chi connectivity index (χ1) is 8.70. The van der Waals surface area contributed by atoms with E-state index in [1.807, 2.05) is 18.2 Å². The van der Waals surface area contributed by atoms with Crippen molar-refractivity contribution in [3.8, 4) is 0 Å². The van der Waals surface area contributed by atoms with Gasteiger partial charge in [0.05, 0.1) is 12.7 Å². The van der Waals surface area contributed by atoms with Crippen molar-refractivity contribution in [3.63, 3.8) is 0 Å². The molecule has 1 fully saturated rings. The summed E-state index contributed by atoms with van der Waals surface area (Å²) in [6.45, 7) is 2.17. The number of esters is 1. The molecule has 0 bridgehead atoms. The van der Waals surface area contributed by atoms with E-state index in [1.54, 1.807) is 6.07 Å². The Morgan fingerprint density at radius 2 is 2.17 bits per heavy atom. The third kappa shape index (κ3) is 3.03. The smallest absolute Gasteiger partial charge is 0.339 e. The average Bonchev–Trinajstić information content (AvgIpc) is 2.34. The molecule has 0 heterocycles. The van der Waals surface area contributed by atoms with Gasteiger partial charge in [-0.1, -0.05) is 31.4 Å². The molecule has 0 amide bonds. The fraction of sp³-hybridized carbons (Fsp3) is 0.533. The van der Waals surface area contributed by atoms with Crippen LogP contribution in [-0.2, 0) is 4.74 Å². The van der Waals surface area contributed by atoms with Crippen molar-refractivity contribution in [2.75, 3.05) is 12.4 Å². The lowest BCUT2D eigenvalue weighted by molar-refractivity contribution is 0.0602. The van der Waals surface area contributed by atoms with Crippen LogP contribution >= 0.6 is 0 Å². The first-order valence-electron chi connectivity index (χ1n) is 6.64. The van der Waals surface area contributed by atoms with Crippen molar-refractivity contribution in [1.82, 2.24) is 0 Å². The predicted octanol–water partition coefficient (Wildman–Crippen LogP) is 3.46. The molecule has 0 spiro atoms. The van der Waals surface area contributed by atoms with Gasteiger partial charge in [-0.15, -0.1) is 0 Å². The van der Waals surface area contributed by atoms with E-state index >= 15 is 0 Å². The van der Waals surface area contributed by atoms with Gasteiger partial charge in [0.25, 0.3) is 0 Å². The maximum atomic E-state index is 11.6. The van der Waals surface area contributed by atoms with E-state index in [2.05, 4.69) is 12.2 Å². The zero-order valence-corrected chi connectivity index (χ0v) is 11.1. The Morgan fingerprint density at radius 3 is 2.78 bits per heavy atom. The first-order valence-corrected chi connectivity index (χ1v) is 6.64. The van der Waals surface area contributed by atoms with Crippen LogP contribution in [0.25, 0.3) is 0 Å². The topological polar surface area (TPSA) is 38.3 Å². The molecule has 2 rings (SSSR count).